The molecule has 0 unspecified atom stereocenters. The number of Topliss-reactive ketones (excluding diaryl/α,β-unsaturated/α-hetero) is 1. The lowest BCUT2D eigenvalue weighted by Gasteiger charge is -2.38. The second-order valence-electron chi connectivity index (χ2n) is 15.5. The summed E-state index contributed by atoms with van der Waals surface area (Å²) in [6.07, 6.45) is 9.26. The molecule has 1 saturated heterocycles. The minimum Gasteiger partial charge on any atom is -0.373 e. The molecule has 14 nitrogen and oxygen atoms in total. The normalized spacial score (nSPS) is 24.3. The van der Waals surface area contributed by atoms with Crippen molar-refractivity contribution in [1.29, 1.82) is 0 Å². The number of likely N-dealkylation sites (tertiary alicyclic amines) is 1. The van der Waals surface area contributed by atoms with Crippen LogP contribution >= 0.6 is 0 Å². The van der Waals surface area contributed by atoms with Gasteiger partial charge in [-0.3, -0.25) is 33.6 Å². The lowest BCUT2D eigenvalue weighted by molar-refractivity contribution is -0.146. The third-order valence-electron chi connectivity index (χ3n) is 10.6. The average Bonchev–Trinajstić information content (AvgIpc) is 3.40. The summed E-state index contributed by atoms with van der Waals surface area (Å²) < 4.78 is 4.97. The highest BCUT2D eigenvalue weighted by Gasteiger charge is 2.52. The smallest absolute Gasteiger partial charge is 0.290 e. The first kappa shape index (κ1) is 36.3. The van der Waals surface area contributed by atoms with Crippen molar-refractivity contribution in [2.24, 2.45) is 23.2 Å². The van der Waals surface area contributed by atoms with Gasteiger partial charge in [0.25, 0.3) is 17.4 Å². The minimum atomic E-state index is -1.04. The van der Waals surface area contributed by atoms with E-state index in [2.05, 4.69) is 26.4 Å². The van der Waals surface area contributed by atoms with E-state index in [0.717, 1.165) is 57.4 Å². The first-order valence-corrected chi connectivity index (χ1v) is 18.0. The Hall–Kier alpha value is -3.97. The van der Waals surface area contributed by atoms with E-state index in [4.69, 9.17) is 4.52 Å². The molecule has 1 aromatic rings. The van der Waals surface area contributed by atoms with E-state index in [1.165, 1.54) is 0 Å². The second-order valence-corrected chi connectivity index (χ2v) is 15.5. The molecule has 0 aromatic carbocycles. The molecule has 0 bridgehead atoms. The molecule has 0 spiro atoms. The van der Waals surface area contributed by atoms with Crippen LogP contribution in [0.2, 0.25) is 0 Å². The maximum atomic E-state index is 14.6. The highest BCUT2D eigenvalue weighted by Crippen LogP contribution is 2.43. The molecule has 4 fully saturated rings. The Labute approximate surface area is 286 Å². The number of amides is 5. The van der Waals surface area contributed by atoms with Crippen molar-refractivity contribution in [3.63, 3.8) is 0 Å². The molecule has 1 aromatic heterocycles. The third-order valence-corrected chi connectivity index (χ3v) is 10.6. The van der Waals surface area contributed by atoms with Crippen LogP contribution in [0.3, 0.4) is 0 Å². The Kier molecular flexibility index (Phi) is 11.3. The number of carbonyl (C=O) groups is 6. The highest BCUT2D eigenvalue weighted by molar-refractivity contribution is 6.38. The van der Waals surface area contributed by atoms with Crippen LogP contribution in [-0.4, -0.2) is 82.1 Å². The molecule has 4 aliphatic rings. The molecule has 49 heavy (non-hydrogen) atoms. The molecule has 5 amide bonds. The predicted octanol–water partition coefficient (Wildman–Crippen LogP) is 1.94. The Morgan fingerprint density at radius 3 is 2.27 bits per heavy atom. The summed E-state index contributed by atoms with van der Waals surface area (Å²) >= 11 is 0. The van der Waals surface area contributed by atoms with E-state index < -0.39 is 70.5 Å². The predicted molar refractivity (Wildman–Crippen MR) is 178 cm³/mol. The number of fused-ring (bicyclic) bond motifs is 1. The van der Waals surface area contributed by atoms with Crippen molar-refractivity contribution in [3.8, 4) is 0 Å². The third kappa shape index (κ3) is 8.61. The summed E-state index contributed by atoms with van der Waals surface area (Å²) in [6, 6.07) is -2.87. The first-order chi connectivity index (χ1) is 23.3. The van der Waals surface area contributed by atoms with Gasteiger partial charge in [0.05, 0.1) is 12.1 Å². The molecule has 1 aliphatic heterocycles. The lowest BCUT2D eigenvalue weighted by atomic mass is 9.82. The molecule has 0 radical (unpaired) electrons. The van der Waals surface area contributed by atoms with Crippen molar-refractivity contribution < 1.29 is 33.3 Å². The fourth-order valence-electron chi connectivity index (χ4n) is 7.84. The maximum Gasteiger partial charge on any atom is 0.290 e. The summed E-state index contributed by atoms with van der Waals surface area (Å²) in [7, 11) is 0. The van der Waals surface area contributed by atoms with Gasteiger partial charge in [0.2, 0.25) is 29.3 Å². The number of nitrogens with zero attached hydrogens (tertiary/aromatic N) is 1. The zero-order valence-corrected chi connectivity index (χ0v) is 29.1. The number of rotatable bonds is 13. The summed E-state index contributed by atoms with van der Waals surface area (Å²) in [5, 5.41) is 13.3. The molecule has 270 valence electrons. The van der Waals surface area contributed by atoms with E-state index in [-0.39, 0.29) is 29.6 Å². The SMILES string of the molecule is CCC[C@H](NC(=O)[C@@H]1[C@H]2CCC[C@H]2CN1C(=O)[C@@H](NC(=O)[C@@H](NC(=O)c1cc(=O)[nH]o1)C1CCCCC1)C(C)(C)C)C(=O)C(=O)NC1CC1. The van der Waals surface area contributed by atoms with Gasteiger partial charge in [-0.1, -0.05) is 59.8 Å². The Morgan fingerprint density at radius 1 is 0.939 bits per heavy atom. The molecule has 6 atom stereocenters. The monoisotopic (exact) mass is 684 g/mol. The van der Waals surface area contributed by atoms with Gasteiger partial charge in [-0.15, -0.1) is 0 Å². The standard InChI is InChI=1S/C35H52N6O8/c1-5-10-23(28(43)33(47)36-21-15-16-21)37-32(46)27-22-14-9-13-20(22)18-41(27)34(48)29(35(2,3)4)39-31(45)26(19-11-7-6-8-12-19)38-30(44)24-17-25(42)40-49-24/h17,19-23,26-27,29H,5-16,18H2,1-4H3,(H,36,47)(H,37,46)(H,38,44)(H,39,45)(H,40,42)/t20-,22-,23-,26-,27-,29+/m0/s1. The largest absolute Gasteiger partial charge is 0.373 e. The van der Waals surface area contributed by atoms with Crippen LogP contribution in [0.15, 0.2) is 15.4 Å². The van der Waals surface area contributed by atoms with Crippen LogP contribution in [0, 0.1) is 23.2 Å². The van der Waals surface area contributed by atoms with Crippen LogP contribution in [-0.2, 0) is 24.0 Å². The number of hydrogen-bond donors (Lipinski definition) is 5. The van der Waals surface area contributed by atoms with Gasteiger partial charge in [-0.25, -0.2) is 0 Å². The first-order valence-electron chi connectivity index (χ1n) is 18.0. The quantitative estimate of drug-likeness (QED) is 0.194. The summed E-state index contributed by atoms with van der Waals surface area (Å²) in [5.41, 5.74) is -1.36. The van der Waals surface area contributed by atoms with Gasteiger partial charge >= 0.3 is 0 Å². The van der Waals surface area contributed by atoms with Gasteiger partial charge in [-0.2, -0.15) is 5.16 Å². The van der Waals surface area contributed by atoms with Crippen molar-refractivity contribution >= 4 is 35.3 Å². The van der Waals surface area contributed by atoms with Crippen molar-refractivity contribution in [1.82, 2.24) is 31.3 Å². The number of aromatic amines is 1. The molecular weight excluding hydrogens is 632 g/mol. The van der Waals surface area contributed by atoms with Crippen molar-refractivity contribution in [2.45, 2.75) is 135 Å². The van der Waals surface area contributed by atoms with Gasteiger partial charge in [0, 0.05) is 12.6 Å². The fraction of sp³-hybridized carbons (Fsp3) is 0.743. The Bertz CT molecular complexity index is 1470. The van der Waals surface area contributed by atoms with Crippen LogP contribution in [0.4, 0.5) is 0 Å². The van der Waals surface area contributed by atoms with E-state index in [1.807, 2.05) is 27.7 Å². The van der Waals surface area contributed by atoms with Crippen LogP contribution in [0.5, 0.6) is 0 Å². The Balaban J connectivity index is 1.36. The van der Waals surface area contributed by atoms with Gasteiger partial charge < -0.3 is 30.7 Å². The van der Waals surface area contributed by atoms with Crippen molar-refractivity contribution in [3.05, 3.63) is 22.2 Å². The van der Waals surface area contributed by atoms with E-state index >= 15 is 0 Å². The molecule has 5 rings (SSSR count). The van der Waals surface area contributed by atoms with Gasteiger partial charge in [0.1, 0.15) is 18.1 Å². The summed E-state index contributed by atoms with van der Waals surface area (Å²) in [5.74, 6) is -3.94. The molecule has 5 N–H and O–H groups in total. The zero-order valence-electron chi connectivity index (χ0n) is 29.1. The van der Waals surface area contributed by atoms with Crippen molar-refractivity contribution in [2.75, 3.05) is 6.54 Å². The van der Waals surface area contributed by atoms with Crippen LogP contribution < -0.4 is 26.8 Å². The van der Waals surface area contributed by atoms with Gasteiger partial charge in [0.15, 0.2) is 0 Å². The summed E-state index contributed by atoms with van der Waals surface area (Å²) in [4.78, 5) is 94.6. The van der Waals surface area contributed by atoms with Crippen LogP contribution in [0.1, 0.15) is 115 Å². The summed E-state index contributed by atoms with van der Waals surface area (Å²) in [6.45, 7) is 7.71. The zero-order chi connectivity index (χ0) is 35.5. The molecule has 2 heterocycles. The van der Waals surface area contributed by atoms with Gasteiger partial charge in [-0.05, 0) is 68.1 Å². The average molecular weight is 685 g/mol. The number of aromatic nitrogens is 1. The van der Waals surface area contributed by atoms with E-state index in [0.29, 0.717) is 32.2 Å². The minimum absolute atomic E-state index is 0.00142. The van der Waals surface area contributed by atoms with E-state index in [1.54, 1.807) is 4.90 Å². The number of ketones is 1. The molecule has 3 aliphatic carbocycles. The van der Waals surface area contributed by atoms with Crippen LogP contribution in [0.25, 0.3) is 0 Å². The number of carbonyl (C=O) groups excluding carboxylic acids is 6. The topological polar surface area (TPSA) is 200 Å². The lowest BCUT2D eigenvalue weighted by Crippen LogP contribution is -2.62. The second kappa shape index (κ2) is 15.3. The fourth-order valence-corrected chi connectivity index (χ4v) is 7.84. The number of hydrogen-bond acceptors (Lipinski definition) is 8. The maximum absolute atomic E-state index is 14.6. The molecule has 3 saturated carbocycles. The Morgan fingerprint density at radius 2 is 1.65 bits per heavy atom. The van der Waals surface area contributed by atoms with E-state index in [9.17, 15) is 33.6 Å². The molecule has 14 heteroatoms. The number of nitrogens with one attached hydrogen (secondary N) is 5. The highest BCUT2D eigenvalue weighted by atomic mass is 16.5. The number of H-pyrrole nitrogens is 1. The molecular formula is C35H52N6O8.